The van der Waals surface area contributed by atoms with Crippen LogP contribution in [0.15, 0.2) is 18.2 Å². The van der Waals surface area contributed by atoms with E-state index < -0.39 is 28.1 Å². The van der Waals surface area contributed by atoms with Crippen LogP contribution in [0, 0.1) is 6.92 Å². The molecule has 12 heteroatoms. The average Bonchev–Trinajstić information content (AvgIpc) is 3.12. The maximum Gasteiger partial charge on any atom is 0.434 e. The van der Waals surface area contributed by atoms with E-state index in [1.54, 1.807) is 0 Å². The van der Waals surface area contributed by atoms with Gasteiger partial charge in [-0.1, -0.05) is 6.07 Å². The minimum Gasteiger partial charge on any atom is -0.506 e. The first kappa shape index (κ1) is 20.6. The summed E-state index contributed by atoms with van der Waals surface area (Å²) in [7, 11) is -3.95. The van der Waals surface area contributed by atoms with Gasteiger partial charge in [0.15, 0.2) is 5.69 Å². The lowest BCUT2D eigenvalue weighted by Crippen LogP contribution is -2.30. The fraction of sp³-hybridized carbons (Fsp3) is 0.375. The summed E-state index contributed by atoms with van der Waals surface area (Å²) in [5.41, 5.74) is -0.368. The first-order valence-electron chi connectivity index (χ1n) is 8.12. The predicted octanol–water partition coefficient (Wildman–Crippen LogP) is 2.18. The van der Waals surface area contributed by atoms with Gasteiger partial charge in [-0.05, 0) is 37.5 Å². The summed E-state index contributed by atoms with van der Waals surface area (Å²) >= 11 is 0.968. The number of hydrogen-bond donors (Lipinski definition) is 2. The fourth-order valence-corrected chi connectivity index (χ4v) is 5.29. The number of alkyl halides is 3. The third kappa shape index (κ3) is 4.13. The van der Waals surface area contributed by atoms with Gasteiger partial charge in [-0.2, -0.15) is 26.3 Å². The number of hydrogen-bond acceptors (Lipinski definition) is 6. The van der Waals surface area contributed by atoms with Gasteiger partial charge in [-0.3, -0.25) is 4.31 Å². The highest BCUT2D eigenvalue weighted by Gasteiger charge is 2.37. The summed E-state index contributed by atoms with van der Waals surface area (Å²) in [6, 6.07) is 3.28. The third-order valence-electron chi connectivity index (χ3n) is 4.14. The van der Waals surface area contributed by atoms with Gasteiger partial charge in [0, 0.05) is 4.88 Å². The standard InChI is InChI=1S/C16H16F3N3O4S2/c1-9-20-15(16(17,18)19)14(27-9)5-3-10-2-4-12(13(24)6-10)22-7-11(8-23)21-28(22,25)26/h2,4,6,8,11,21,24H,3,5,7H2,1H3. The van der Waals surface area contributed by atoms with Crippen molar-refractivity contribution in [2.75, 3.05) is 10.8 Å². The number of carbonyl (C=O) groups excluding carboxylic acids is 1. The molecule has 0 amide bonds. The SMILES string of the molecule is Cc1nc(C(F)(F)F)c(CCc2ccc(N3CC(C=O)NS3(=O)=O)c(O)c2)s1. The largest absolute Gasteiger partial charge is 0.506 e. The van der Waals surface area contributed by atoms with Crippen molar-refractivity contribution in [2.24, 2.45) is 0 Å². The second kappa shape index (κ2) is 7.33. The molecule has 0 aliphatic carbocycles. The number of rotatable bonds is 5. The average molecular weight is 435 g/mol. The van der Waals surface area contributed by atoms with E-state index in [-0.39, 0.29) is 35.7 Å². The molecule has 0 spiro atoms. The van der Waals surface area contributed by atoms with Crippen molar-refractivity contribution in [3.8, 4) is 5.75 Å². The number of nitrogens with one attached hydrogen (secondary N) is 1. The van der Waals surface area contributed by atoms with Crippen LogP contribution < -0.4 is 9.03 Å². The van der Waals surface area contributed by atoms with E-state index in [9.17, 15) is 31.5 Å². The Balaban J connectivity index is 1.78. The van der Waals surface area contributed by atoms with E-state index in [1.807, 2.05) is 0 Å². The molecule has 1 atom stereocenters. The first-order valence-corrected chi connectivity index (χ1v) is 10.4. The predicted molar refractivity (Wildman–Crippen MR) is 96.6 cm³/mol. The van der Waals surface area contributed by atoms with Crippen LogP contribution in [0.3, 0.4) is 0 Å². The van der Waals surface area contributed by atoms with Crippen LogP contribution in [-0.2, 0) is 34.0 Å². The zero-order chi connectivity index (χ0) is 20.7. The van der Waals surface area contributed by atoms with Gasteiger partial charge in [-0.15, -0.1) is 11.3 Å². The van der Waals surface area contributed by atoms with Crippen molar-refractivity contribution in [1.29, 1.82) is 0 Å². The Morgan fingerprint density at radius 3 is 2.68 bits per heavy atom. The molecule has 1 aromatic carbocycles. The summed E-state index contributed by atoms with van der Waals surface area (Å²) in [6.45, 7) is 1.34. The maximum absolute atomic E-state index is 13.0. The molecule has 7 nitrogen and oxygen atoms in total. The number of aryl methyl sites for hydroxylation is 3. The number of aldehydes is 1. The van der Waals surface area contributed by atoms with E-state index in [1.165, 1.54) is 25.1 Å². The summed E-state index contributed by atoms with van der Waals surface area (Å²) in [4.78, 5) is 14.5. The molecule has 1 aliphatic rings. The van der Waals surface area contributed by atoms with Gasteiger partial charge in [0.2, 0.25) is 0 Å². The van der Waals surface area contributed by atoms with Crippen LogP contribution in [0.25, 0.3) is 0 Å². The summed E-state index contributed by atoms with van der Waals surface area (Å²) in [5, 5.41) is 10.5. The Morgan fingerprint density at radius 1 is 1.39 bits per heavy atom. The Bertz CT molecular complexity index is 1010. The van der Waals surface area contributed by atoms with E-state index in [0.717, 1.165) is 15.6 Å². The summed E-state index contributed by atoms with van der Waals surface area (Å²) < 4.78 is 66.2. The highest BCUT2D eigenvalue weighted by molar-refractivity contribution is 7.91. The summed E-state index contributed by atoms with van der Waals surface area (Å²) in [6.07, 6.45) is -3.78. The lowest BCUT2D eigenvalue weighted by atomic mass is 10.1. The van der Waals surface area contributed by atoms with Crippen molar-refractivity contribution in [2.45, 2.75) is 32.0 Å². The van der Waals surface area contributed by atoms with Crippen molar-refractivity contribution < 1.29 is 31.5 Å². The van der Waals surface area contributed by atoms with Crippen LogP contribution in [-0.4, -0.2) is 37.4 Å². The van der Waals surface area contributed by atoms with Crippen LogP contribution >= 0.6 is 11.3 Å². The second-order valence-corrected chi connectivity index (χ2v) is 9.14. The lowest BCUT2D eigenvalue weighted by Gasteiger charge is -2.17. The second-order valence-electron chi connectivity index (χ2n) is 6.22. The molecule has 0 saturated carbocycles. The summed E-state index contributed by atoms with van der Waals surface area (Å²) in [5.74, 6) is -0.342. The molecule has 1 aromatic heterocycles. The molecule has 1 aliphatic heterocycles. The zero-order valence-corrected chi connectivity index (χ0v) is 16.2. The number of carbonyl (C=O) groups is 1. The Labute approximate surface area is 163 Å². The Hall–Kier alpha value is -2.18. The molecule has 0 bridgehead atoms. The van der Waals surface area contributed by atoms with Crippen LogP contribution in [0.1, 0.15) is 21.1 Å². The number of aromatic hydroxyl groups is 1. The van der Waals surface area contributed by atoms with Crippen LogP contribution in [0.5, 0.6) is 5.75 Å². The molecule has 0 radical (unpaired) electrons. The van der Waals surface area contributed by atoms with E-state index in [0.29, 0.717) is 16.9 Å². The highest BCUT2D eigenvalue weighted by Crippen LogP contribution is 2.36. The van der Waals surface area contributed by atoms with Crippen LogP contribution in [0.2, 0.25) is 0 Å². The number of anilines is 1. The Morgan fingerprint density at radius 2 is 2.11 bits per heavy atom. The van der Waals surface area contributed by atoms with Gasteiger partial charge < -0.3 is 9.90 Å². The molecule has 1 unspecified atom stereocenters. The maximum atomic E-state index is 13.0. The molecule has 2 heterocycles. The molecular weight excluding hydrogens is 419 g/mol. The molecule has 2 aromatic rings. The number of thiazole rings is 1. The third-order valence-corrected chi connectivity index (χ3v) is 6.70. The lowest BCUT2D eigenvalue weighted by molar-refractivity contribution is -0.141. The van der Waals surface area contributed by atoms with E-state index >= 15 is 0 Å². The van der Waals surface area contributed by atoms with Crippen molar-refractivity contribution in [1.82, 2.24) is 9.71 Å². The number of phenols is 1. The molecule has 1 fully saturated rings. The minimum absolute atomic E-state index is 0.00906. The minimum atomic E-state index is -4.53. The van der Waals surface area contributed by atoms with Crippen molar-refractivity contribution in [3.63, 3.8) is 0 Å². The number of aromatic nitrogens is 1. The van der Waals surface area contributed by atoms with Gasteiger partial charge in [0.1, 0.15) is 12.0 Å². The first-order chi connectivity index (χ1) is 13.0. The van der Waals surface area contributed by atoms with E-state index in [4.69, 9.17) is 0 Å². The van der Waals surface area contributed by atoms with Gasteiger partial charge >= 0.3 is 16.4 Å². The normalized spacial score (nSPS) is 19.1. The quantitative estimate of drug-likeness (QED) is 0.702. The number of benzene rings is 1. The Kier molecular flexibility index (Phi) is 5.38. The number of nitrogens with zero attached hydrogens (tertiary/aromatic N) is 2. The van der Waals surface area contributed by atoms with Crippen molar-refractivity contribution >= 4 is 33.5 Å². The monoisotopic (exact) mass is 435 g/mol. The van der Waals surface area contributed by atoms with Gasteiger partial charge in [0.25, 0.3) is 0 Å². The zero-order valence-electron chi connectivity index (χ0n) is 14.5. The van der Waals surface area contributed by atoms with Crippen LogP contribution in [0.4, 0.5) is 18.9 Å². The number of phenolic OH excluding ortho intramolecular Hbond substituents is 1. The molecule has 3 rings (SSSR count). The topological polar surface area (TPSA) is 99.6 Å². The molecular formula is C16H16F3N3O4S2. The highest BCUT2D eigenvalue weighted by atomic mass is 32.2. The molecule has 152 valence electrons. The molecule has 28 heavy (non-hydrogen) atoms. The smallest absolute Gasteiger partial charge is 0.434 e. The molecule has 1 saturated heterocycles. The van der Waals surface area contributed by atoms with Crippen molar-refractivity contribution in [3.05, 3.63) is 39.3 Å². The fourth-order valence-electron chi connectivity index (χ4n) is 2.92. The molecule has 2 N–H and O–H groups in total. The van der Waals surface area contributed by atoms with Gasteiger partial charge in [-0.25, -0.2) is 4.98 Å². The van der Waals surface area contributed by atoms with E-state index in [2.05, 4.69) is 9.71 Å². The number of halogens is 3. The van der Waals surface area contributed by atoms with Gasteiger partial charge in [0.05, 0.1) is 23.3 Å².